The van der Waals surface area contributed by atoms with Gasteiger partial charge < -0.3 is 5.32 Å². The summed E-state index contributed by atoms with van der Waals surface area (Å²) in [5, 5.41) is 2.80. The Morgan fingerprint density at radius 1 is 1.10 bits per heavy atom. The third-order valence-electron chi connectivity index (χ3n) is 6.19. The lowest BCUT2D eigenvalue weighted by atomic mass is 9.96. The van der Waals surface area contributed by atoms with Gasteiger partial charge in [0, 0.05) is 24.7 Å². The summed E-state index contributed by atoms with van der Waals surface area (Å²) in [5.74, 6) is 0.683. The Bertz CT molecular complexity index is 1000. The van der Waals surface area contributed by atoms with Crippen LogP contribution in [0.1, 0.15) is 43.4 Å². The zero-order valence-corrected chi connectivity index (χ0v) is 18.1. The summed E-state index contributed by atoms with van der Waals surface area (Å²) in [5.41, 5.74) is 2.69. The number of benzene rings is 2. The van der Waals surface area contributed by atoms with E-state index in [2.05, 4.69) is 34.0 Å². The summed E-state index contributed by atoms with van der Waals surface area (Å²) in [7, 11) is -3.65. The van der Waals surface area contributed by atoms with Crippen molar-refractivity contribution in [3.05, 3.63) is 59.7 Å². The number of nitrogens with zero attached hydrogens (tertiary/aromatic N) is 1. The van der Waals surface area contributed by atoms with E-state index in [1.54, 1.807) is 18.2 Å². The summed E-state index contributed by atoms with van der Waals surface area (Å²) >= 11 is 0. The van der Waals surface area contributed by atoms with Gasteiger partial charge in [0.15, 0.2) is 0 Å². The van der Waals surface area contributed by atoms with Crippen molar-refractivity contribution in [1.82, 2.24) is 9.62 Å². The molecule has 1 saturated heterocycles. The van der Waals surface area contributed by atoms with Crippen LogP contribution in [-0.2, 0) is 21.2 Å². The highest BCUT2D eigenvalue weighted by Gasteiger charge is 2.27. The molecular formula is C23H29N3O3S. The van der Waals surface area contributed by atoms with Gasteiger partial charge in [-0.1, -0.05) is 37.3 Å². The van der Waals surface area contributed by atoms with Crippen molar-refractivity contribution in [2.45, 2.75) is 43.5 Å². The van der Waals surface area contributed by atoms with Crippen LogP contribution in [-0.4, -0.2) is 38.9 Å². The van der Waals surface area contributed by atoms with Gasteiger partial charge in [0.25, 0.3) is 0 Å². The molecule has 2 heterocycles. The van der Waals surface area contributed by atoms with E-state index in [1.165, 1.54) is 0 Å². The fraction of sp³-hybridized carbons (Fsp3) is 0.435. The highest BCUT2D eigenvalue weighted by atomic mass is 32.2. The van der Waals surface area contributed by atoms with Gasteiger partial charge in [-0.05, 0) is 67.6 Å². The van der Waals surface area contributed by atoms with E-state index >= 15 is 0 Å². The maximum atomic E-state index is 13.0. The quantitative estimate of drug-likeness (QED) is 0.741. The molecule has 0 radical (unpaired) electrons. The summed E-state index contributed by atoms with van der Waals surface area (Å²) < 4.78 is 28.9. The van der Waals surface area contributed by atoms with Gasteiger partial charge in [-0.25, -0.2) is 13.1 Å². The largest absolute Gasteiger partial charge is 0.326 e. The lowest BCUT2D eigenvalue weighted by Crippen LogP contribution is -2.42. The molecule has 7 heteroatoms. The maximum Gasteiger partial charge on any atom is 0.240 e. The second-order valence-electron chi connectivity index (χ2n) is 8.36. The molecule has 30 heavy (non-hydrogen) atoms. The number of rotatable bonds is 6. The van der Waals surface area contributed by atoms with Gasteiger partial charge >= 0.3 is 0 Å². The van der Waals surface area contributed by atoms with Crippen LogP contribution < -0.4 is 10.0 Å². The number of hydrogen-bond acceptors (Lipinski definition) is 4. The lowest BCUT2D eigenvalue weighted by molar-refractivity contribution is -0.116. The first-order chi connectivity index (χ1) is 14.4. The number of hydrogen-bond donors (Lipinski definition) is 2. The monoisotopic (exact) mass is 427 g/mol. The number of likely N-dealkylation sites (tertiary alicyclic amines) is 1. The van der Waals surface area contributed by atoms with E-state index in [1.807, 2.05) is 18.2 Å². The number of nitrogens with one attached hydrogen (secondary N) is 2. The Balaban J connectivity index is 1.52. The van der Waals surface area contributed by atoms with Crippen LogP contribution >= 0.6 is 0 Å². The van der Waals surface area contributed by atoms with Crippen molar-refractivity contribution in [2.75, 3.05) is 25.0 Å². The minimum atomic E-state index is -3.65. The molecule has 2 N–H and O–H groups in total. The number of carbonyl (C=O) groups is 1. The van der Waals surface area contributed by atoms with Gasteiger partial charge in [0.05, 0.1) is 4.90 Å². The molecule has 0 spiro atoms. The molecule has 0 saturated carbocycles. The minimum absolute atomic E-state index is 0.00499. The standard InChI is InChI=1S/C23H29N3O3S/c1-17-11-13-26(14-12-17)22(18-5-3-2-4-6-18)16-24-30(28,29)20-8-9-21-19(15-20)7-10-23(27)25-21/h2-6,8-9,15,17,22,24H,7,10-14,16H2,1H3,(H,25,27)/t22-/m0/s1. The summed E-state index contributed by atoms with van der Waals surface area (Å²) in [6, 6.07) is 15.0. The smallest absolute Gasteiger partial charge is 0.240 e. The minimum Gasteiger partial charge on any atom is -0.326 e. The molecule has 4 rings (SSSR count). The predicted molar refractivity (Wildman–Crippen MR) is 118 cm³/mol. The van der Waals surface area contributed by atoms with E-state index in [0.29, 0.717) is 31.0 Å². The summed E-state index contributed by atoms with van der Waals surface area (Å²) in [6.07, 6.45) is 3.20. The fourth-order valence-corrected chi connectivity index (χ4v) is 5.36. The summed E-state index contributed by atoms with van der Waals surface area (Å²) in [4.78, 5) is 14.2. The van der Waals surface area contributed by atoms with Crippen LogP contribution in [0.5, 0.6) is 0 Å². The number of fused-ring (bicyclic) bond motifs is 1. The van der Waals surface area contributed by atoms with Gasteiger partial charge in [-0.15, -0.1) is 0 Å². The number of piperidine rings is 1. The molecule has 0 unspecified atom stereocenters. The Hall–Kier alpha value is -2.22. The molecule has 6 nitrogen and oxygen atoms in total. The van der Waals surface area contributed by atoms with E-state index in [4.69, 9.17) is 0 Å². The zero-order valence-electron chi connectivity index (χ0n) is 17.3. The van der Waals surface area contributed by atoms with E-state index in [9.17, 15) is 13.2 Å². The molecule has 2 aromatic rings. The molecular weight excluding hydrogens is 398 g/mol. The van der Waals surface area contributed by atoms with Crippen LogP contribution in [0.4, 0.5) is 5.69 Å². The van der Waals surface area contributed by atoms with Crippen LogP contribution in [0.2, 0.25) is 0 Å². The predicted octanol–water partition coefficient (Wildman–Crippen LogP) is 3.32. The number of carbonyl (C=O) groups excluding carboxylic acids is 1. The number of aryl methyl sites for hydroxylation is 1. The third-order valence-corrected chi connectivity index (χ3v) is 7.61. The van der Waals surface area contributed by atoms with Crippen molar-refractivity contribution in [3.8, 4) is 0 Å². The third kappa shape index (κ3) is 4.74. The van der Waals surface area contributed by atoms with E-state index in [0.717, 1.165) is 37.1 Å². The number of sulfonamides is 1. The first-order valence-electron chi connectivity index (χ1n) is 10.6. The van der Waals surface area contributed by atoms with Crippen molar-refractivity contribution < 1.29 is 13.2 Å². The molecule has 1 amide bonds. The van der Waals surface area contributed by atoms with E-state index in [-0.39, 0.29) is 16.8 Å². The number of anilines is 1. The lowest BCUT2D eigenvalue weighted by Gasteiger charge is -2.37. The van der Waals surface area contributed by atoms with Crippen molar-refractivity contribution in [3.63, 3.8) is 0 Å². The molecule has 2 aliphatic rings. The van der Waals surface area contributed by atoms with Gasteiger partial charge in [0.1, 0.15) is 0 Å². The molecule has 1 fully saturated rings. The van der Waals surface area contributed by atoms with Gasteiger partial charge in [-0.3, -0.25) is 9.69 Å². The highest BCUT2D eigenvalue weighted by molar-refractivity contribution is 7.89. The Morgan fingerprint density at radius 2 is 1.83 bits per heavy atom. The molecule has 2 aliphatic heterocycles. The Labute approximate surface area is 178 Å². The van der Waals surface area contributed by atoms with Gasteiger partial charge in [-0.2, -0.15) is 0 Å². The normalized spacial score (nSPS) is 19.2. The first-order valence-corrected chi connectivity index (χ1v) is 12.1. The van der Waals surface area contributed by atoms with Crippen molar-refractivity contribution in [2.24, 2.45) is 5.92 Å². The molecule has 1 atom stereocenters. The first kappa shape index (κ1) is 21.0. The average molecular weight is 428 g/mol. The SMILES string of the molecule is CC1CCN([C@@H](CNS(=O)(=O)c2ccc3c(c2)CCC(=O)N3)c2ccccc2)CC1. The zero-order chi connectivity index (χ0) is 21.1. The second kappa shape index (κ2) is 8.88. The molecule has 2 aromatic carbocycles. The van der Waals surface area contributed by atoms with Crippen LogP contribution in [0.3, 0.4) is 0 Å². The number of amides is 1. The Morgan fingerprint density at radius 3 is 2.57 bits per heavy atom. The topological polar surface area (TPSA) is 78.5 Å². The average Bonchev–Trinajstić information content (AvgIpc) is 2.75. The maximum absolute atomic E-state index is 13.0. The van der Waals surface area contributed by atoms with Crippen LogP contribution in [0, 0.1) is 5.92 Å². The molecule has 160 valence electrons. The second-order valence-corrected chi connectivity index (χ2v) is 10.1. The Kier molecular flexibility index (Phi) is 6.22. The van der Waals surface area contributed by atoms with E-state index < -0.39 is 10.0 Å². The van der Waals surface area contributed by atoms with Crippen LogP contribution in [0.15, 0.2) is 53.4 Å². The molecule has 0 aromatic heterocycles. The van der Waals surface area contributed by atoms with Crippen molar-refractivity contribution in [1.29, 1.82) is 0 Å². The summed E-state index contributed by atoms with van der Waals surface area (Å²) in [6.45, 7) is 4.55. The fourth-order valence-electron chi connectivity index (χ4n) is 4.27. The van der Waals surface area contributed by atoms with Crippen molar-refractivity contribution >= 4 is 21.6 Å². The van der Waals surface area contributed by atoms with Gasteiger partial charge in [0.2, 0.25) is 15.9 Å². The molecule has 0 aliphatic carbocycles. The van der Waals surface area contributed by atoms with Crippen LogP contribution in [0.25, 0.3) is 0 Å². The molecule has 0 bridgehead atoms. The highest BCUT2D eigenvalue weighted by Crippen LogP contribution is 2.28.